The zero-order chi connectivity index (χ0) is 11.4. The highest BCUT2D eigenvalue weighted by Crippen LogP contribution is 2.14. The smallest absolute Gasteiger partial charge is 0.219 e. The highest BCUT2D eigenvalue weighted by Gasteiger charge is 2.03. The molecule has 82 valence electrons. The number of hydrogen-bond donors (Lipinski definition) is 1. The largest absolute Gasteiger partial charge is 0.352 e. The molecule has 0 aliphatic heterocycles. The molecule has 0 unspecified atom stereocenters. The monoisotopic (exact) mass is 205 g/mol. The molecule has 0 saturated heterocycles. The van der Waals surface area contributed by atoms with Crippen molar-refractivity contribution in [3.63, 3.8) is 0 Å². The van der Waals surface area contributed by atoms with Crippen molar-refractivity contribution in [1.82, 2.24) is 5.32 Å². The van der Waals surface area contributed by atoms with Gasteiger partial charge in [0.2, 0.25) is 5.91 Å². The van der Waals surface area contributed by atoms with Crippen LogP contribution in [0.3, 0.4) is 0 Å². The maximum atomic E-state index is 11.1. The lowest BCUT2D eigenvalue weighted by molar-refractivity contribution is -0.120. The minimum Gasteiger partial charge on any atom is -0.352 e. The first kappa shape index (κ1) is 11.8. The van der Waals surface area contributed by atoms with Crippen LogP contribution in [-0.2, 0) is 11.3 Å². The molecule has 2 heteroatoms. The minimum absolute atomic E-state index is 0.104. The Morgan fingerprint density at radius 1 is 1.13 bits per heavy atom. The molecule has 0 aromatic heterocycles. The molecule has 0 bridgehead atoms. The van der Waals surface area contributed by atoms with E-state index in [1.165, 1.54) is 22.3 Å². The van der Waals surface area contributed by atoms with Crippen molar-refractivity contribution in [2.24, 2.45) is 0 Å². The van der Waals surface area contributed by atoms with Crippen LogP contribution in [0.25, 0.3) is 0 Å². The average Bonchev–Trinajstić information content (AvgIpc) is 2.21. The summed E-state index contributed by atoms with van der Waals surface area (Å²) in [6, 6.07) is 4.32. The lowest BCUT2D eigenvalue weighted by Crippen LogP contribution is -2.22. The van der Waals surface area contributed by atoms with Gasteiger partial charge >= 0.3 is 0 Å². The van der Waals surface area contributed by atoms with Crippen molar-refractivity contribution in [3.8, 4) is 0 Å². The number of hydrogen-bond acceptors (Lipinski definition) is 1. The van der Waals surface area contributed by atoms with Crippen LogP contribution in [0.15, 0.2) is 12.1 Å². The van der Waals surface area contributed by atoms with Gasteiger partial charge in [0.1, 0.15) is 0 Å². The Morgan fingerprint density at radius 2 is 1.73 bits per heavy atom. The summed E-state index contributed by atoms with van der Waals surface area (Å²) < 4.78 is 0. The summed E-state index contributed by atoms with van der Waals surface area (Å²) >= 11 is 0. The van der Waals surface area contributed by atoms with E-state index in [-0.39, 0.29) is 5.91 Å². The second kappa shape index (κ2) is 4.96. The van der Waals surface area contributed by atoms with Gasteiger partial charge in [0.25, 0.3) is 0 Å². The molecule has 1 aromatic rings. The fourth-order valence-electron chi connectivity index (χ4n) is 1.53. The molecule has 15 heavy (non-hydrogen) atoms. The van der Waals surface area contributed by atoms with Gasteiger partial charge in [0.15, 0.2) is 0 Å². The first-order chi connectivity index (χ1) is 7.04. The van der Waals surface area contributed by atoms with Crippen LogP contribution in [0.2, 0.25) is 0 Å². The van der Waals surface area contributed by atoms with Crippen LogP contribution in [0.1, 0.15) is 35.6 Å². The van der Waals surface area contributed by atoms with Gasteiger partial charge in [-0.1, -0.05) is 19.1 Å². The third kappa shape index (κ3) is 3.08. The van der Waals surface area contributed by atoms with Gasteiger partial charge in [-0.25, -0.2) is 0 Å². The Hall–Kier alpha value is -1.31. The number of amides is 1. The van der Waals surface area contributed by atoms with Crippen molar-refractivity contribution in [2.75, 3.05) is 0 Å². The van der Waals surface area contributed by atoms with E-state index in [4.69, 9.17) is 0 Å². The van der Waals surface area contributed by atoms with Gasteiger partial charge < -0.3 is 5.32 Å². The predicted octanol–water partition coefficient (Wildman–Crippen LogP) is 2.64. The number of nitrogens with one attached hydrogen (secondary N) is 1. The summed E-state index contributed by atoms with van der Waals surface area (Å²) in [5, 5.41) is 2.90. The zero-order valence-corrected chi connectivity index (χ0v) is 9.98. The lowest BCUT2D eigenvalue weighted by Gasteiger charge is -2.10. The van der Waals surface area contributed by atoms with Crippen molar-refractivity contribution in [1.29, 1.82) is 0 Å². The lowest BCUT2D eigenvalue weighted by atomic mass is 10.0. The molecule has 1 rings (SSSR count). The SMILES string of the molecule is CCC(=O)NCc1cc(C)c(C)cc1C. The summed E-state index contributed by atoms with van der Waals surface area (Å²) in [4.78, 5) is 11.1. The van der Waals surface area contributed by atoms with Crippen LogP contribution in [0.5, 0.6) is 0 Å². The Morgan fingerprint density at radius 3 is 2.33 bits per heavy atom. The first-order valence-electron chi connectivity index (χ1n) is 5.38. The Kier molecular flexibility index (Phi) is 3.89. The molecule has 1 N–H and O–H groups in total. The van der Waals surface area contributed by atoms with E-state index >= 15 is 0 Å². The molecule has 1 amide bonds. The quantitative estimate of drug-likeness (QED) is 0.807. The van der Waals surface area contributed by atoms with Gasteiger partial charge in [-0.05, 0) is 43.0 Å². The van der Waals surface area contributed by atoms with Crippen molar-refractivity contribution >= 4 is 5.91 Å². The highest BCUT2D eigenvalue weighted by atomic mass is 16.1. The van der Waals surface area contributed by atoms with Gasteiger partial charge in [0, 0.05) is 13.0 Å². The molecule has 0 atom stereocenters. The van der Waals surface area contributed by atoms with Gasteiger partial charge in [0.05, 0.1) is 0 Å². The van der Waals surface area contributed by atoms with Crippen LogP contribution < -0.4 is 5.32 Å². The number of carbonyl (C=O) groups is 1. The summed E-state index contributed by atoms with van der Waals surface area (Å²) in [6.45, 7) is 8.79. The first-order valence-corrected chi connectivity index (χ1v) is 5.38. The highest BCUT2D eigenvalue weighted by molar-refractivity contribution is 5.75. The summed E-state index contributed by atoms with van der Waals surface area (Å²) in [5.41, 5.74) is 5.04. The van der Waals surface area contributed by atoms with Gasteiger partial charge in [-0.2, -0.15) is 0 Å². The standard InChI is InChI=1S/C13H19NO/c1-5-13(15)14-8-12-7-10(3)9(2)6-11(12)4/h6-7H,5,8H2,1-4H3,(H,14,15). The second-order valence-corrected chi connectivity index (χ2v) is 3.99. The molecule has 1 aromatic carbocycles. The number of rotatable bonds is 3. The predicted molar refractivity (Wildman–Crippen MR) is 62.8 cm³/mol. The van der Waals surface area contributed by atoms with Crippen LogP contribution in [-0.4, -0.2) is 5.91 Å². The van der Waals surface area contributed by atoms with Crippen LogP contribution in [0, 0.1) is 20.8 Å². The van der Waals surface area contributed by atoms with E-state index in [0.717, 1.165) is 0 Å². The topological polar surface area (TPSA) is 29.1 Å². The van der Waals surface area contributed by atoms with Crippen molar-refractivity contribution in [2.45, 2.75) is 40.7 Å². The molecule has 0 heterocycles. The van der Waals surface area contributed by atoms with Crippen LogP contribution >= 0.6 is 0 Å². The molecule has 0 fully saturated rings. The average molecular weight is 205 g/mol. The summed E-state index contributed by atoms with van der Waals surface area (Å²) in [7, 11) is 0. The molecule has 0 radical (unpaired) electrons. The summed E-state index contributed by atoms with van der Waals surface area (Å²) in [6.07, 6.45) is 0.546. The number of carbonyl (C=O) groups excluding carboxylic acids is 1. The minimum atomic E-state index is 0.104. The summed E-state index contributed by atoms with van der Waals surface area (Å²) in [5.74, 6) is 0.104. The van der Waals surface area contributed by atoms with E-state index < -0.39 is 0 Å². The Bertz CT molecular complexity index is 369. The fourth-order valence-corrected chi connectivity index (χ4v) is 1.53. The van der Waals surface area contributed by atoms with E-state index in [2.05, 4.69) is 38.2 Å². The second-order valence-electron chi connectivity index (χ2n) is 3.99. The maximum Gasteiger partial charge on any atom is 0.219 e. The molecular weight excluding hydrogens is 186 g/mol. The Balaban J connectivity index is 2.77. The van der Waals surface area contributed by atoms with E-state index in [0.29, 0.717) is 13.0 Å². The van der Waals surface area contributed by atoms with Crippen LogP contribution in [0.4, 0.5) is 0 Å². The zero-order valence-electron chi connectivity index (χ0n) is 9.98. The van der Waals surface area contributed by atoms with Gasteiger partial charge in [-0.15, -0.1) is 0 Å². The molecule has 0 saturated carbocycles. The maximum absolute atomic E-state index is 11.1. The third-order valence-electron chi connectivity index (χ3n) is 2.75. The third-order valence-corrected chi connectivity index (χ3v) is 2.75. The van der Waals surface area contributed by atoms with Crippen molar-refractivity contribution < 1.29 is 4.79 Å². The molecule has 0 aliphatic rings. The molecule has 2 nitrogen and oxygen atoms in total. The van der Waals surface area contributed by atoms with E-state index in [1.807, 2.05) is 6.92 Å². The normalized spacial score (nSPS) is 10.1. The van der Waals surface area contributed by atoms with Crippen molar-refractivity contribution in [3.05, 3.63) is 34.4 Å². The Labute approximate surface area is 91.7 Å². The van der Waals surface area contributed by atoms with E-state index in [1.54, 1.807) is 0 Å². The fraction of sp³-hybridized carbons (Fsp3) is 0.462. The number of aryl methyl sites for hydroxylation is 3. The number of benzene rings is 1. The molecular formula is C13H19NO. The van der Waals surface area contributed by atoms with E-state index in [9.17, 15) is 4.79 Å². The molecule has 0 aliphatic carbocycles. The molecule has 0 spiro atoms. The van der Waals surface area contributed by atoms with Gasteiger partial charge in [-0.3, -0.25) is 4.79 Å².